The summed E-state index contributed by atoms with van der Waals surface area (Å²) in [6.07, 6.45) is 8.59. The van der Waals surface area contributed by atoms with Gasteiger partial charge < -0.3 is 24.0 Å². The highest BCUT2D eigenvalue weighted by molar-refractivity contribution is 6.08. The van der Waals surface area contributed by atoms with Crippen LogP contribution in [0.4, 0.5) is 62.6 Å². The number of para-hydroxylation sites is 5. The van der Waals surface area contributed by atoms with Crippen LogP contribution in [0.15, 0.2) is 313 Å². The predicted molar refractivity (Wildman–Crippen MR) is 324 cm³/mol. The van der Waals surface area contributed by atoms with Gasteiger partial charge in [-0.1, -0.05) is 152 Å². The lowest BCUT2D eigenvalue weighted by molar-refractivity contribution is 0.669. The molecule has 1 aromatic heterocycles. The summed E-state index contributed by atoms with van der Waals surface area (Å²) < 4.78 is 6.63. The zero-order valence-electron chi connectivity index (χ0n) is 42.5. The summed E-state index contributed by atoms with van der Waals surface area (Å²) in [6, 6.07) is 102. The van der Waals surface area contributed by atoms with Crippen molar-refractivity contribution in [3.05, 3.63) is 309 Å². The van der Waals surface area contributed by atoms with Gasteiger partial charge in [0.2, 0.25) is 0 Å². The first-order valence-corrected chi connectivity index (χ1v) is 26.4. The Balaban J connectivity index is 0.844. The summed E-state index contributed by atoms with van der Waals surface area (Å²) in [5.74, 6) is 0. The van der Waals surface area contributed by atoms with Gasteiger partial charge in [0, 0.05) is 79.0 Å². The Hall–Kier alpha value is -10.1. The third-order valence-electron chi connectivity index (χ3n) is 14.4. The molecule has 0 radical (unpaired) electrons. The molecule has 0 bridgehead atoms. The summed E-state index contributed by atoms with van der Waals surface area (Å²) >= 11 is 0. The zero-order valence-corrected chi connectivity index (χ0v) is 42.5. The normalized spacial score (nSPS) is 12.1. The van der Waals surface area contributed by atoms with Crippen molar-refractivity contribution in [1.29, 1.82) is 0 Å². The van der Waals surface area contributed by atoms with Gasteiger partial charge in [-0.05, 0) is 187 Å². The van der Waals surface area contributed by atoms with Crippen LogP contribution in [0, 0.1) is 0 Å². The highest BCUT2D eigenvalue weighted by Crippen LogP contribution is 2.44. The lowest BCUT2D eigenvalue weighted by Gasteiger charge is -2.29. The topological polar surface area (TPSA) is 26.1 Å². The number of benzene rings is 11. The molecule has 0 N–H and O–H groups in total. The van der Waals surface area contributed by atoms with Crippen molar-refractivity contribution in [3.63, 3.8) is 0 Å². The van der Waals surface area contributed by atoms with E-state index in [-0.39, 0.29) is 0 Å². The minimum absolute atomic E-state index is 0.845. The van der Waals surface area contributed by atoms with Crippen LogP contribution < -0.4 is 19.6 Å². The number of anilines is 11. The van der Waals surface area contributed by atoms with E-state index in [1.165, 1.54) is 5.70 Å². The fourth-order valence-corrected chi connectivity index (χ4v) is 10.8. The van der Waals surface area contributed by atoms with E-state index in [1.54, 1.807) is 0 Å². The van der Waals surface area contributed by atoms with E-state index in [2.05, 4.69) is 323 Å². The molecule has 0 spiro atoms. The van der Waals surface area contributed by atoms with Crippen LogP contribution in [0.2, 0.25) is 0 Å². The Morgan fingerprint density at radius 2 is 0.584 bits per heavy atom. The van der Waals surface area contributed by atoms with Crippen LogP contribution in [-0.4, -0.2) is 0 Å². The molecule has 0 amide bonds. The van der Waals surface area contributed by atoms with Crippen LogP contribution in [0.3, 0.4) is 0 Å². The van der Waals surface area contributed by atoms with Gasteiger partial charge in [0.1, 0.15) is 11.2 Å². The van der Waals surface area contributed by atoms with E-state index < -0.39 is 0 Å². The first-order valence-electron chi connectivity index (χ1n) is 26.4. The summed E-state index contributed by atoms with van der Waals surface area (Å²) in [5.41, 5.74) is 19.5. The Morgan fingerprint density at radius 3 is 0.974 bits per heavy atom. The average molecular weight is 991 g/mol. The van der Waals surface area contributed by atoms with Crippen molar-refractivity contribution in [2.45, 2.75) is 12.8 Å². The maximum atomic E-state index is 6.63. The van der Waals surface area contributed by atoms with Crippen molar-refractivity contribution in [2.75, 3.05) is 19.6 Å². The van der Waals surface area contributed by atoms with Crippen molar-refractivity contribution in [2.24, 2.45) is 0 Å². The summed E-state index contributed by atoms with van der Waals surface area (Å²) in [4.78, 5) is 9.36. The van der Waals surface area contributed by atoms with Gasteiger partial charge in [-0.15, -0.1) is 0 Å². The second kappa shape index (κ2) is 21.0. The smallest absolute Gasteiger partial charge is 0.135 e. The molecule has 0 atom stereocenters. The first kappa shape index (κ1) is 46.7. The number of nitrogens with zero attached hydrogens (tertiary/aromatic N) is 4. The molecule has 77 heavy (non-hydrogen) atoms. The van der Waals surface area contributed by atoms with Crippen molar-refractivity contribution in [1.82, 2.24) is 0 Å². The SMILES string of the molecule is C1=CCCC(N(c2cccc(-c3ccc(N(c4ccccc4)c4ccccc4)cc3)c2)c2ccc3oc4ccc(N(c5ccccc5)c5cccc(-c6ccc(N(c7ccccc7)c7ccccc7)cc6)c5)cc4c3c2)=C1. The molecule has 0 unspecified atom stereocenters. The Morgan fingerprint density at radius 1 is 0.260 bits per heavy atom. The maximum absolute atomic E-state index is 6.63. The number of fused-ring (bicyclic) bond motifs is 3. The summed E-state index contributed by atoms with van der Waals surface area (Å²) in [5, 5.41) is 2.12. The highest BCUT2D eigenvalue weighted by atomic mass is 16.3. The third-order valence-corrected chi connectivity index (χ3v) is 14.4. The molecule has 1 heterocycles. The molecule has 0 fully saturated rings. The molecule has 13 rings (SSSR count). The van der Waals surface area contributed by atoms with Gasteiger partial charge in [-0.3, -0.25) is 0 Å². The lowest BCUT2D eigenvalue weighted by atomic mass is 10.0. The summed E-state index contributed by atoms with van der Waals surface area (Å²) in [6.45, 7) is 0. The molecule has 0 saturated carbocycles. The van der Waals surface area contributed by atoms with Crippen LogP contribution in [-0.2, 0) is 0 Å². The van der Waals surface area contributed by atoms with Crippen LogP contribution >= 0.6 is 0 Å². The van der Waals surface area contributed by atoms with E-state index in [9.17, 15) is 0 Å². The second-order valence-corrected chi connectivity index (χ2v) is 19.3. The fourth-order valence-electron chi connectivity index (χ4n) is 10.8. The maximum Gasteiger partial charge on any atom is 0.135 e. The number of allylic oxidation sites excluding steroid dienone is 4. The Kier molecular flexibility index (Phi) is 12.7. The van der Waals surface area contributed by atoms with Gasteiger partial charge in [0.25, 0.3) is 0 Å². The van der Waals surface area contributed by atoms with E-state index >= 15 is 0 Å². The quantitative estimate of drug-likeness (QED) is 0.108. The average Bonchev–Trinajstić information content (AvgIpc) is 3.90. The highest BCUT2D eigenvalue weighted by Gasteiger charge is 2.21. The summed E-state index contributed by atoms with van der Waals surface area (Å²) in [7, 11) is 0. The molecule has 11 aromatic carbocycles. The van der Waals surface area contributed by atoms with Crippen molar-refractivity contribution >= 4 is 84.5 Å². The minimum atomic E-state index is 0.845. The first-order chi connectivity index (χ1) is 38.2. The lowest BCUT2D eigenvalue weighted by Crippen LogP contribution is -2.17. The monoisotopic (exact) mass is 990 g/mol. The number of hydrogen-bond donors (Lipinski definition) is 0. The predicted octanol–water partition coefficient (Wildman–Crippen LogP) is 20.7. The Bertz CT molecular complexity index is 3950. The molecule has 12 aromatic rings. The van der Waals surface area contributed by atoms with Gasteiger partial charge >= 0.3 is 0 Å². The van der Waals surface area contributed by atoms with Crippen LogP contribution in [0.1, 0.15) is 12.8 Å². The molecule has 5 nitrogen and oxygen atoms in total. The minimum Gasteiger partial charge on any atom is -0.456 e. The molecule has 0 saturated heterocycles. The molecular weight excluding hydrogens is 937 g/mol. The van der Waals surface area contributed by atoms with E-state index in [1.807, 2.05) is 0 Å². The van der Waals surface area contributed by atoms with Gasteiger partial charge in [-0.2, -0.15) is 0 Å². The largest absolute Gasteiger partial charge is 0.456 e. The van der Waals surface area contributed by atoms with E-state index in [0.29, 0.717) is 0 Å². The number of furan rings is 1. The van der Waals surface area contributed by atoms with Crippen LogP contribution in [0.25, 0.3) is 44.2 Å². The van der Waals surface area contributed by atoms with Crippen molar-refractivity contribution < 1.29 is 4.42 Å². The van der Waals surface area contributed by atoms with Gasteiger partial charge in [0.15, 0.2) is 0 Å². The number of rotatable bonds is 14. The second-order valence-electron chi connectivity index (χ2n) is 19.3. The molecule has 368 valence electrons. The van der Waals surface area contributed by atoms with E-state index in [0.717, 1.165) is 120 Å². The van der Waals surface area contributed by atoms with E-state index in [4.69, 9.17) is 4.42 Å². The van der Waals surface area contributed by atoms with Gasteiger partial charge in [-0.25, -0.2) is 0 Å². The zero-order chi connectivity index (χ0) is 51.3. The third kappa shape index (κ3) is 9.55. The molecule has 0 aliphatic heterocycles. The fraction of sp³-hybridized carbons (Fsp3) is 0.0278. The molecule has 1 aliphatic carbocycles. The van der Waals surface area contributed by atoms with Crippen molar-refractivity contribution in [3.8, 4) is 22.3 Å². The van der Waals surface area contributed by atoms with Gasteiger partial charge in [0.05, 0.1) is 0 Å². The molecular formula is C72H54N4O. The molecule has 1 aliphatic rings. The van der Waals surface area contributed by atoms with Crippen LogP contribution in [0.5, 0.6) is 0 Å². The standard InChI is InChI=1S/C72H54N4O/c1-7-23-57(24-8-1)73(58-25-9-2-10-26-58)63-41-37-53(38-42-63)55-21-19-35-65(49-55)75(61-31-15-5-16-32-61)67-45-47-71-69(51-67)70-52-68(46-48-72(70)77-71)76(62-33-17-6-18-34-62)66-36-20-22-56(50-66)54-39-43-64(44-40-54)74(59-27-11-3-12-28-59)60-29-13-4-14-30-60/h1-17,19-33,35-52H,18,34H2. The molecule has 5 heteroatoms. The number of hydrogen-bond acceptors (Lipinski definition) is 5. The Labute approximate surface area is 450 Å².